The Bertz CT molecular complexity index is 361. The fourth-order valence-corrected chi connectivity index (χ4v) is 1.88. The molecule has 1 aliphatic rings. The van der Waals surface area contributed by atoms with E-state index in [0.29, 0.717) is 6.04 Å². The lowest BCUT2D eigenvalue weighted by Gasteiger charge is -2.17. The molecule has 0 saturated heterocycles. The van der Waals surface area contributed by atoms with Crippen LogP contribution in [-0.2, 0) is 0 Å². The molecule has 0 bridgehead atoms. The summed E-state index contributed by atoms with van der Waals surface area (Å²) in [5.41, 5.74) is 1.04. The first kappa shape index (κ1) is 11.1. The van der Waals surface area contributed by atoms with Crippen LogP contribution in [-0.4, -0.2) is 20.3 Å². The van der Waals surface area contributed by atoms with Gasteiger partial charge in [-0.3, -0.25) is 0 Å². The van der Waals surface area contributed by atoms with Crippen LogP contribution in [0.3, 0.4) is 0 Å². The van der Waals surface area contributed by atoms with Gasteiger partial charge in [0.25, 0.3) is 0 Å². The van der Waals surface area contributed by atoms with Gasteiger partial charge in [-0.15, -0.1) is 0 Å². The minimum atomic E-state index is 0.516. The number of methoxy groups -OCH3 is 2. The van der Waals surface area contributed by atoms with Crippen molar-refractivity contribution < 1.29 is 9.47 Å². The maximum Gasteiger partial charge on any atom is 0.145 e. The number of ether oxygens (including phenoxy) is 2. The van der Waals surface area contributed by atoms with Crippen molar-refractivity contribution >= 4 is 5.69 Å². The summed E-state index contributed by atoms with van der Waals surface area (Å²) in [6.07, 6.45) is 2.68. The largest absolute Gasteiger partial charge is 0.497 e. The van der Waals surface area contributed by atoms with E-state index in [1.807, 2.05) is 18.2 Å². The molecule has 88 valence electrons. The van der Waals surface area contributed by atoms with Gasteiger partial charge in [-0.05, 0) is 37.8 Å². The highest BCUT2D eigenvalue weighted by atomic mass is 16.5. The molecule has 1 atom stereocenters. The van der Waals surface area contributed by atoms with Crippen molar-refractivity contribution in [3.8, 4) is 11.5 Å². The normalized spacial score (nSPS) is 16.7. The molecule has 1 N–H and O–H groups in total. The summed E-state index contributed by atoms with van der Waals surface area (Å²) < 4.78 is 10.5. The predicted molar refractivity (Wildman–Crippen MR) is 65.4 cm³/mol. The monoisotopic (exact) mass is 221 g/mol. The van der Waals surface area contributed by atoms with E-state index in [9.17, 15) is 0 Å². The third-order valence-electron chi connectivity index (χ3n) is 3.12. The van der Waals surface area contributed by atoms with E-state index in [1.54, 1.807) is 14.2 Å². The average Bonchev–Trinajstić information content (AvgIpc) is 3.13. The minimum absolute atomic E-state index is 0.516. The standard InChI is InChI=1S/C13H19NO2/c1-9(10-4-5-10)14-12-7-6-11(15-2)8-13(12)16-3/h6-10,14H,4-5H2,1-3H3. The zero-order chi connectivity index (χ0) is 11.5. The van der Waals surface area contributed by atoms with E-state index < -0.39 is 0 Å². The summed E-state index contributed by atoms with van der Waals surface area (Å²) in [6.45, 7) is 2.22. The summed E-state index contributed by atoms with van der Waals surface area (Å²) in [6, 6.07) is 6.38. The highest BCUT2D eigenvalue weighted by Crippen LogP contribution is 2.36. The highest BCUT2D eigenvalue weighted by Gasteiger charge is 2.28. The van der Waals surface area contributed by atoms with Crippen LogP contribution < -0.4 is 14.8 Å². The van der Waals surface area contributed by atoms with E-state index >= 15 is 0 Å². The first-order chi connectivity index (χ1) is 7.74. The summed E-state index contributed by atoms with van der Waals surface area (Å²) >= 11 is 0. The summed E-state index contributed by atoms with van der Waals surface area (Å²) in [7, 11) is 3.34. The van der Waals surface area contributed by atoms with Gasteiger partial charge in [0, 0.05) is 12.1 Å². The molecule has 1 aromatic carbocycles. The van der Waals surface area contributed by atoms with Crippen LogP contribution in [0.4, 0.5) is 5.69 Å². The van der Waals surface area contributed by atoms with Crippen molar-refractivity contribution in [3.05, 3.63) is 18.2 Å². The lowest BCUT2D eigenvalue weighted by Crippen LogP contribution is -2.17. The van der Waals surface area contributed by atoms with E-state index in [2.05, 4.69) is 12.2 Å². The third kappa shape index (κ3) is 2.40. The van der Waals surface area contributed by atoms with Crippen LogP contribution in [0.5, 0.6) is 11.5 Å². The molecule has 3 nitrogen and oxygen atoms in total. The molecule has 0 aliphatic heterocycles. The lowest BCUT2D eigenvalue weighted by molar-refractivity contribution is 0.395. The summed E-state index contributed by atoms with van der Waals surface area (Å²) in [5, 5.41) is 3.49. The molecule has 1 aromatic rings. The summed E-state index contributed by atoms with van der Waals surface area (Å²) in [4.78, 5) is 0. The Morgan fingerprint density at radius 1 is 1.25 bits per heavy atom. The van der Waals surface area contributed by atoms with Gasteiger partial charge in [0.1, 0.15) is 11.5 Å². The molecule has 0 aromatic heterocycles. The number of nitrogens with one attached hydrogen (secondary N) is 1. The van der Waals surface area contributed by atoms with Gasteiger partial charge in [0.05, 0.1) is 19.9 Å². The molecule has 2 rings (SSSR count). The zero-order valence-corrected chi connectivity index (χ0v) is 10.1. The van der Waals surface area contributed by atoms with E-state index in [4.69, 9.17) is 9.47 Å². The molecule has 0 radical (unpaired) electrons. The topological polar surface area (TPSA) is 30.5 Å². The number of rotatable bonds is 5. The van der Waals surface area contributed by atoms with Crippen LogP contribution in [0.15, 0.2) is 18.2 Å². The molecule has 16 heavy (non-hydrogen) atoms. The van der Waals surface area contributed by atoms with Crippen LogP contribution in [0.2, 0.25) is 0 Å². The second kappa shape index (κ2) is 4.64. The number of hydrogen-bond donors (Lipinski definition) is 1. The van der Waals surface area contributed by atoms with Crippen molar-refractivity contribution in [2.45, 2.75) is 25.8 Å². The zero-order valence-electron chi connectivity index (χ0n) is 10.1. The van der Waals surface area contributed by atoms with E-state index in [0.717, 1.165) is 23.1 Å². The Labute approximate surface area is 96.8 Å². The van der Waals surface area contributed by atoms with E-state index in [-0.39, 0.29) is 0 Å². The van der Waals surface area contributed by atoms with Gasteiger partial charge in [0.2, 0.25) is 0 Å². The number of anilines is 1. The first-order valence-electron chi connectivity index (χ1n) is 5.73. The molecule has 0 amide bonds. The Kier molecular flexibility index (Phi) is 3.22. The smallest absolute Gasteiger partial charge is 0.145 e. The van der Waals surface area contributed by atoms with Crippen molar-refractivity contribution in [3.63, 3.8) is 0 Å². The maximum atomic E-state index is 5.35. The highest BCUT2D eigenvalue weighted by molar-refractivity contribution is 5.59. The van der Waals surface area contributed by atoms with Gasteiger partial charge in [-0.2, -0.15) is 0 Å². The third-order valence-corrected chi connectivity index (χ3v) is 3.12. The fourth-order valence-electron chi connectivity index (χ4n) is 1.88. The summed E-state index contributed by atoms with van der Waals surface area (Å²) in [5.74, 6) is 2.49. The van der Waals surface area contributed by atoms with Gasteiger partial charge in [0.15, 0.2) is 0 Å². The Balaban J connectivity index is 2.12. The van der Waals surface area contributed by atoms with Gasteiger partial charge < -0.3 is 14.8 Å². The molecule has 1 fully saturated rings. The van der Waals surface area contributed by atoms with Crippen LogP contribution in [0.1, 0.15) is 19.8 Å². The quantitative estimate of drug-likeness (QED) is 0.829. The van der Waals surface area contributed by atoms with Gasteiger partial charge in [-0.1, -0.05) is 0 Å². The Hall–Kier alpha value is -1.38. The van der Waals surface area contributed by atoms with Crippen molar-refractivity contribution in [2.75, 3.05) is 19.5 Å². The molecule has 0 heterocycles. The first-order valence-corrected chi connectivity index (χ1v) is 5.73. The van der Waals surface area contributed by atoms with Gasteiger partial charge in [-0.25, -0.2) is 0 Å². The van der Waals surface area contributed by atoms with Gasteiger partial charge >= 0.3 is 0 Å². The van der Waals surface area contributed by atoms with Crippen LogP contribution >= 0.6 is 0 Å². The minimum Gasteiger partial charge on any atom is -0.497 e. The molecular formula is C13H19NO2. The molecular weight excluding hydrogens is 202 g/mol. The Morgan fingerprint density at radius 2 is 2.00 bits per heavy atom. The molecule has 1 saturated carbocycles. The number of hydrogen-bond acceptors (Lipinski definition) is 3. The molecule has 1 unspecified atom stereocenters. The van der Waals surface area contributed by atoms with Crippen LogP contribution in [0.25, 0.3) is 0 Å². The Morgan fingerprint density at radius 3 is 2.56 bits per heavy atom. The number of benzene rings is 1. The molecule has 0 spiro atoms. The lowest BCUT2D eigenvalue weighted by atomic mass is 10.2. The predicted octanol–water partition coefficient (Wildman–Crippen LogP) is 2.91. The van der Waals surface area contributed by atoms with Crippen LogP contribution in [0, 0.1) is 5.92 Å². The van der Waals surface area contributed by atoms with E-state index in [1.165, 1.54) is 12.8 Å². The average molecular weight is 221 g/mol. The second-order valence-electron chi connectivity index (χ2n) is 4.34. The van der Waals surface area contributed by atoms with Crippen molar-refractivity contribution in [2.24, 2.45) is 5.92 Å². The second-order valence-corrected chi connectivity index (χ2v) is 4.34. The SMILES string of the molecule is COc1ccc(NC(C)C2CC2)c(OC)c1. The fraction of sp³-hybridized carbons (Fsp3) is 0.538. The molecule has 3 heteroatoms. The maximum absolute atomic E-state index is 5.35. The van der Waals surface area contributed by atoms with Crippen molar-refractivity contribution in [1.29, 1.82) is 0 Å². The van der Waals surface area contributed by atoms with Crippen molar-refractivity contribution in [1.82, 2.24) is 0 Å². The molecule has 1 aliphatic carbocycles.